The second-order valence-electron chi connectivity index (χ2n) is 8.66. The molecule has 0 aromatic heterocycles. The van der Waals surface area contributed by atoms with E-state index in [9.17, 15) is 22.8 Å². The van der Waals surface area contributed by atoms with Crippen LogP contribution in [-0.2, 0) is 10.9 Å². The third-order valence-corrected chi connectivity index (χ3v) is 6.16. The molecule has 2 aromatic carbocycles. The number of ether oxygens (including phenoxy) is 1. The Morgan fingerprint density at radius 2 is 1.79 bits per heavy atom. The van der Waals surface area contributed by atoms with E-state index in [4.69, 9.17) is 4.74 Å². The largest absolute Gasteiger partial charge is 0.416 e. The summed E-state index contributed by atoms with van der Waals surface area (Å²) in [5.41, 5.74) is 0.530. The van der Waals surface area contributed by atoms with Crippen molar-refractivity contribution in [1.82, 2.24) is 5.32 Å². The molecule has 1 atom stereocenters. The Labute approximate surface area is 196 Å². The van der Waals surface area contributed by atoms with Crippen LogP contribution in [0, 0.1) is 0 Å². The number of anilines is 2. The highest BCUT2D eigenvalue weighted by Gasteiger charge is 2.31. The van der Waals surface area contributed by atoms with E-state index in [0.717, 1.165) is 63.0 Å². The number of halogens is 3. The molecule has 4 rings (SSSR count). The summed E-state index contributed by atoms with van der Waals surface area (Å²) in [6, 6.07) is 9.29. The molecule has 2 fully saturated rings. The lowest BCUT2D eigenvalue weighted by atomic mass is 10.1. The van der Waals surface area contributed by atoms with Crippen LogP contribution in [0.2, 0.25) is 0 Å². The minimum absolute atomic E-state index is 0.00817. The van der Waals surface area contributed by atoms with Gasteiger partial charge in [0.2, 0.25) is 0 Å². The molecule has 2 N–H and O–H groups in total. The minimum atomic E-state index is -4.54. The molecule has 2 heterocycles. The summed E-state index contributed by atoms with van der Waals surface area (Å²) in [7, 11) is 0. The van der Waals surface area contributed by atoms with Crippen LogP contribution in [0.1, 0.15) is 58.4 Å². The molecule has 0 aliphatic carbocycles. The van der Waals surface area contributed by atoms with Gasteiger partial charge in [0.15, 0.2) is 0 Å². The van der Waals surface area contributed by atoms with Crippen molar-refractivity contribution in [3.63, 3.8) is 0 Å². The van der Waals surface area contributed by atoms with Gasteiger partial charge >= 0.3 is 6.18 Å². The second-order valence-corrected chi connectivity index (χ2v) is 8.66. The third kappa shape index (κ3) is 5.88. The molecule has 0 bridgehead atoms. The van der Waals surface area contributed by atoms with Crippen molar-refractivity contribution in [2.75, 3.05) is 36.5 Å². The Kier molecular flexibility index (Phi) is 7.41. The van der Waals surface area contributed by atoms with Crippen LogP contribution >= 0.6 is 0 Å². The molecular formula is C25H28F3N3O3. The number of carbonyl (C=O) groups excluding carboxylic acids is 2. The van der Waals surface area contributed by atoms with Crippen molar-refractivity contribution in [2.24, 2.45) is 0 Å². The number of amides is 2. The molecule has 2 saturated heterocycles. The topological polar surface area (TPSA) is 70.7 Å². The van der Waals surface area contributed by atoms with Gasteiger partial charge in [-0.15, -0.1) is 0 Å². The Hall–Kier alpha value is -3.07. The third-order valence-electron chi connectivity index (χ3n) is 6.16. The van der Waals surface area contributed by atoms with Crippen LogP contribution in [0.25, 0.3) is 0 Å². The number of hydrogen-bond donors (Lipinski definition) is 2. The molecule has 2 aromatic rings. The molecule has 2 aliphatic rings. The SMILES string of the molecule is O=C(Nc1ccc(N2CCCCC2)c(C(=O)NCC2CCCO2)c1)c1cccc(C(F)(F)F)c1. The summed E-state index contributed by atoms with van der Waals surface area (Å²) < 4.78 is 44.6. The number of nitrogens with one attached hydrogen (secondary N) is 2. The monoisotopic (exact) mass is 475 g/mol. The standard InChI is InChI=1S/C25H28F3N3O3/c26-25(27,28)18-7-4-6-17(14-18)23(32)30-19-9-10-22(31-11-2-1-3-12-31)21(15-19)24(33)29-16-20-8-5-13-34-20/h4,6-7,9-10,14-15,20H,1-3,5,8,11-13,16H2,(H,29,33)(H,30,32). The first-order valence-electron chi connectivity index (χ1n) is 11.6. The first-order chi connectivity index (χ1) is 16.3. The normalized spacial score (nSPS) is 18.6. The maximum absolute atomic E-state index is 13.1. The first-order valence-corrected chi connectivity index (χ1v) is 11.6. The van der Waals surface area contributed by atoms with Gasteiger partial charge in [-0.1, -0.05) is 6.07 Å². The van der Waals surface area contributed by atoms with Gasteiger partial charge < -0.3 is 20.3 Å². The number of alkyl halides is 3. The molecule has 6 nitrogen and oxygen atoms in total. The van der Waals surface area contributed by atoms with Crippen molar-refractivity contribution in [3.05, 3.63) is 59.2 Å². The number of hydrogen-bond acceptors (Lipinski definition) is 4. The summed E-state index contributed by atoms with van der Waals surface area (Å²) in [6.07, 6.45) is 0.521. The highest BCUT2D eigenvalue weighted by molar-refractivity contribution is 6.06. The lowest BCUT2D eigenvalue weighted by Crippen LogP contribution is -2.35. The first kappa shape index (κ1) is 24.1. The molecule has 0 saturated carbocycles. The molecular weight excluding hydrogens is 447 g/mol. The predicted molar refractivity (Wildman–Crippen MR) is 123 cm³/mol. The zero-order chi connectivity index (χ0) is 24.1. The van der Waals surface area contributed by atoms with Gasteiger partial charge in [-0.3, -0.25) is 9.59 Å². The summed E-state index contributed by atoms with van der Waals surface area (Å²) >= 11 is 0. The Morgan fingerprint density at radius 3 is 2.50 bits per heavy atom. The number of rotatable bonds is 6. The van der Waals surface area contributed by atoms with E-state index < -0.39 is 17.6 Å². The number of nitrogens with zero attached hydrogens (tertiary/aromatic N) is 1. The predicted octanol–water partition coefficient (Wildman–Crippen LogP) is 4.86. The summed E-state index contributed by atoms with van der Waals surface area (Å²) in [5, 5.41) is 5.56. The molecule has 182 valence electrons. The summed E-state index contributed by atoms with van der Waals surface area (Å²) in [4.78, 5) is 27.9. The van der Waals surface area contributed by atoms with Gasteiger partial charge in [0, 0.05) is 43.2 Å². The fourth-order valence-corrected chi connectivity index (χ4v) is 4.35. The number of piperidine rings is 1. The average Bonchev–Trinajstić information content (AvgIpc) is 3.36. The minimum Gasteiger partial charge on any atom is -0.376 e. The van der Waals surface area contributed by atoms with Crippen molar-refractivity contribution in [3.8, 4) is 0 Å². The molecule has 2 aliphatic heterocycles. The smallest absolute Gasteiger partial charge is 0.376 e. The lowest BCUT2D eigenvalue weighted by molar-refractivity contribution is -0.137. The second kappa shape index (κ2) is 10.5. The Bertz CT molecular complexity index is 1030. The molecule has 34 heavy (non-hydrogen) atoms. The quantitative estimate of drug-likeness (QED) is 0.626. The number of benzene rings is 2. The maximum atomic E-state index is 13.1. The highest BCUT2D eigenvalue weighted by atomic mass is 19.4. The van der Waals surface area contributed by atoms with Crippen molar-refractivity contribution >= 4 is 23.2 Å². The summed E-state index contributed by atoms with van der Waals surface area (Å²) in [5.74, 6) is -0.950. The van der Waals surface area contributed by atoms with E-state index in [1.165, 1.54) is 12.1 Å². The summed E-state index contributed by atoms with van der Waals surface area (Å²) in [6.45, 7) is 2.76. The molecule has 0 radical (unpaired) electrons. The fraction of sp³-hybridized carbons (Fsp3) is 0.440. The molecule has 2 amide bonds. The van der Waals surface area contributed by atoms with Gasteiger partial charge in [-0.05, 0) is 68.5 Å². The Balaban J connectivity index is 1.55. The maximum Gasteiger partial charge on any atom is 0.416 e. The number of carbonyl (C=O) groups is 2. The van der Waals surface area contributed by atoms with Gasteiger partial charge in [0.25, 0.3) is 11.8 Å². The van der Waals surface area contributed by atoms with E-state index in [1.807, 2.05) is 0 Å². The van der Waals surface area contributed by atoms with Crippen LogP contribution in [0.15, 0.2) is 42.5 Å². The van der Waals surface area contributed by atoms with Crippen molar-refractivity contribution in [1.29, 1.82) is 0 Å². The van der Waals surface area contributed by atoms with E-state index in [0.29, 0.717) is 24.4 Å². The van der Waals surface area contributed by atoms with E-state index >= 15 is 0 Å². The van der Waals surface area contributed by atoms with Gasteiger partial charge in [-0.25, -0.2) is 0 Å². The highest BCUT2D eigenvalue weighted by Crippen LogP contribution is 2.30. The van der Waals surface area contributed by atoms with Crippen LogP contribution in [0.4, 0.5) is 24.5 Å². The Morgan fingerprint density at radius 1 is 1.00 bits per heavy atom. The van der Waals surface area contributed by atoms with E-state index in [-0.39, 0.29) is 17.6 Å². The van der Waals surface area contributed by atoms with Crippen LogP contribution in [0.3, 0.4) is 0 Å². The van der Waals surface area contributed by atoms with Gasteiger partial charge in [0.05, 0.1) is 17.2 Å². The van der Waals surface area contributed by atoms with Crippen LogP contribution in [0.5, 0.6) is 0 Å². The van der Waals surface area contributed by atoms with Gasteiger partial charge in [-0.2, -0.15) is 13.2 Å². The fourth-order valence-electron chi connectivity index (χ4n) is 4.35. The van der Waals surface area contributed by atoms with E-state index in [1.54, 1.807) is 18.2 Å². The van der Waals surface area contributed by atoms with Crippen molar-refractivity contribution < 1.29 is 27.5 Å². The lowest BCUT2D eigenvalue weighted by Gasteiger charge is -2.30. The molecule has 1 unspecified atom stereocenters. The molecule has 9 heteroatoms. The zero-order valence-electron chi connectivity index (χ0n) is 18.8. The molecule has 0 spiro atoms. The van der Waals surface area contributed by atoms with E-state index in [2.05, 4.69) is 15.5 Å². The van der Waals surface area contributed by atoms with Crippen LogP contribution in [-0.4, -0.2) is 44.2 Å². The van der Waals surface area contributed by atoms with Crippen molar-refractivity contribution in [2.45, 2.75) is 44.4 Å². The zero-order valence-corrected chi connectivity index (χ0v) is 18.8. The average molecular weight is 476 g/mol. The van der Waals surface area contributed by atoms with Crippen LogP contribution < -0.4 is 15.5 Å². The van der Waals surface area contributed by atoms with Gasteiger partial charge in [0.1, 0.15) is 0 Å².